The molecule has 118 valence electrons. The summed E-state index contributed by atoms with van der Waals surface area (Å²) < 4.78 is 1.68. The second kappa shape index (κ2) is 6.71. The molecule has 1 aliphatic carbocycles. The van der Waals surface area contributed by atoms with Crippen LogP contribution in [0.2, 0.25) is 0 Å². The summed E-state index contributed by atoms with van der Waals surface area (Å²) in [5.74, 6) is 0. The van der Waals surface area contributed by atoms with Crippen molar-refractivity contribution < 1.29 is 0 Å². The molecule has 6 heteroatoms. The summed E-state index contributed by atoms with van der Waals surface area (Å²) >= 11 is 1.71. The van der Waals surface area contributed by atoms with E-state index in [2.05, 4.69) is 22.3 Å². The molecule has 0 bridgehead atoms. The van der Waals surface area contributed by atoms with Crippen molar-refractivity contribution in [3.05, 3.63) is 44.3 Å². The summed E-state index contributed by atoms with van der Waals surface area (Å²) in [6.07, 6.45) is 4.19. The van der Waals surface area contributed by atoms with Crippen molar-refractivity contribution in [1.82, 2.24) is 20.1 Å². The molecule has 0 radical (unpaired) electrons. The Bertz CT molecular complexity index is 685. The molecule has 1 aliphatic rings. The number of aryl methyl sites for hydroxylation is 2. The molecule has 0 atom stereocenters. The zero-order chi connectivity index (χ0) is 15.5. The molecular formula is C16H22N4OS. The highest BCUT2D eigenvalue weighted by Gasteiger charge is 2.23. The number of aromatic nitrogens is 3. The summed E-state index contributed by atoms with van der Waals surface area (Å²) in [7, 11) is 0. The van der Waals surface area contributed by atoms with Gasteiger partial charge in [-0.2, -0.15) is 5.10 Å². The van der Waals surface area contributed by atoms with Crippen LogP contribution in [0.4, 0.5) is 0 Å². The molecule has 2 heterocycles. The molecule has 0 aliphatic heterocycles. The molecule has 3 rings (SSSR count). The highest BCUT2D eigenvalue weighted by atomic mass is 32.1. The molecule has 22 heavy (non-hydrogen) atoms. The lowest BCUT2D eigenvalue weighted by Gasteiger charge is -2.29. The first-order valence-electron chi connectivity index (χ1n) is 7.82. The number of nitrogens with zero attached hydrogens (tertiary/aromatic N) is 3. The summed E-state index contributed by atoms with van der Waals surface area (Å²) in [6.45, 7) is 4.88. The van der Waals surface area contributed by atoms with Crippen LogP contribution in [0.25, 0.3) is 0 Å². The standard InChI is InChI=1S/C16H22N4OS/c1-11-3-8-16(21)20(19-11)14-6-4-13(5-7-14)17-9-15-12(2)18-10-22-15/h3,8,10,13-14,17H,4-7,9H2,1-2H3. The van der Waals surface area contributed by atoms with Crippen LogP contribution in [0.5, 0.6) is 0 Å². The van der Waals surface area contributed by atoms with E-state index in [1.807, 2.05) is 12.4 Å². The predicted octanol–water partition coefficient (Wildman–Crippen LogP) is 2.59. The maximum absolute atomic E-state index is 12.0. The third kappa shape index (κ3) is 3.44. The van der Waals surface area contributed by atoms with Gasteiger partial charge in [0.15, 0.2) is 0 Å². The molecule has 0 unspecified atom stereocenters. The van der Waals surface area contributed by atoms with Crippen LogP contribution in [0.1, 0.15) is 48.0 Å². The van der Waals surface area contributed by atoms with Crippen LogP contribution in [0, 0.1) is 13.8 Å². The summed E-state index contributed by atoms with van der Waals surface area (Å²) in [5.41, 5.74) is 3.95. The Hall–Kier alpha value is -1.53. The number of hydrogen-bond acceptors (Lipinski definition) is 5. The normalized spacial score (nSPS) is 21.9. The fraction of sp³-hybridized carbons (Fsp3) is 0.562. The molecule has 2 aromatic heterocycles. The van der Waals surface area contributed by atoms with Crippen LogP contribution < -0.4 is 10.9 Å². The van der Waals surface area contributed by atoms with Gasteiger partial charge in [0.05, 0.1) is 22.9 Å². The number of thiazole rings is 1. The maximum atomic E-state index is 12.0. The first-order valence-corrected chi connectivity index (χ1v) is 8.70. The number of hydrogen-bond donors (Lipinski definition) is 1. The Balaban J connectivity index is 1.55. The fourth-order valence-electron chi connectivity index (χ4n) is 3.04. The van der Waals surface area contributed by atoms with Crippen molar-refractivity contribution >= 4 is 11.3 Å². The molecule has 0 aromatic carbocycles. The SMILES string of the molecule is Cc1ccc(=O)n(C2CCC(NCc3scnc3C)CC2)n1. The van der Waals surface area contributed by atoms with Crippen LogP contribution in [0.3, 0.4) is 0 Å². The molecule has 0 saturated heterocycles. The second-order valence-electron chi connectivity index (χ2n) is 6.00. The van der Waals surface area contributed by atoms with Crippen molar-refractivity contribution in [2.45, 2.75) is 58.2 Å². The second-order valence-corrected chi connectivity index (χ2v) is 6.94. The predicted molar refractivity (Wildman–Crippen MR) is 88.2 cm³/mol. The van der Waals surface area contributed by atoms with E-state index in [4.69, 9.17) is 0 Å². The minimum atomic E-state index is 0.0160. The van der Waals surface area contributed by atoms with Gasteiger partial charge in [-0.05, 0) is 45.6 Å². The van der Waals surface area contributed by atoms with E-state index in [9.17, 15) is 4.79 Å². The first-order chi connectivity index (χ1) is 10.6. The first kappa shape index (κ1) is 15.4. The van der Waals surface area contributed by atoms with Gasteiger partial charge < -0.3 is 5.32 Å². The average molecular weight is 318 g/mol. The molecule has 0 spiro atoms. The summed E-state index contributed by atoms with van der Waals surface area (Å²) in [5, 5.41) is 8.02. The Morgan fingerprint density at radius 2 is 2.05 bits per heavy atom. The van der Waals surface area contributed by atoms with Gasteiger partial charge in [-0.15, -0.1) is 11.3 Å². The van der Waals surface area contributed by atoms with E-state index in [1.165, 1.54) is 4.88 Å². The van der Waals surface area contributed by atoms with Crippen LogP contribution in [-0.4, -0.2) is 20.8 Å². The van der Waals surface area contributed by atoms with Crippen LogP contribution in [0.15, 0.2) is 22.4 Å². The molecule has 1 fully saturated rings. The molecule has 1 N–H and O–H groups in total. The smallest absolute Gasteiger partial charge is 0.267 e. The molecule has 0 amide bonds. The highest BCUT2D eigenvalue weighted by Crippen LogP contribution is 2.27. The lowest BCUT2D eigenvalue weighted by molar-refractivity contribution is 0.268. The third-order valence-corrected chi connectivity index (χ3v) is 5.33. The van der Waals surface area contributed by atoms with Crippen molar-refractivity contribution in [2.75, 3.05) is 0 Å². The van der Waals surface area contributed by atoms with E-state index < -0.39 is 0 Å². The van der Waals surface area contributed by atoms with Crippen LogP contribution in [-0.2, 0) is 6.54 Å². The Labute approximate surface area is 134 Å². The quantitative estimate of drug-likeness (QED) is 0.941. The molecule has 5 nitrogen and oxygen atoms in total. The van der Waals surface area contributed by atoms with Crippen molar-refractivity contribution in [1.29, 1.82) is 0 Å². The van der Waals surface area contributed by atoms with Gasteiger partial charge in [0.25, 0.3) is 5.56 Å². The number of nitrogens with one attached hydrogen (secondary N) is 1. The van der Waals surface area contributed by atoms with E-state index in [-0.39, 0.29) is 11.6 Å². The summed E-state index contributed by atoms with van der Waals surface area (Å²) in [6, 6.07) is 4.18. The number of rotatable bonds is 4. The summed E-state index contributed by atoms with van der Waals surface area (Å²) in [4.78, 5) is 17.6. The molecular weight excluding hydrogens is 296 g/mol. The zero-order valence-corrected chi connectivity index (χ0v) is 13.9. The Morgan fingerprint density at radius 3 is 2.73 bits per heavy atom. The van der Waals surface area contributed by atoms with Gasteiger partial charge in [0.2, 0.25) is 0 Å². The van der Waals surface area contributed by atoms with Gasteiger partial charge in [0, 0.05) is 23.5 Å². The van der Waals surface area contributed by atoms with Crippen LogP contribution >= 0.6 is 11.3 Å². The fourth-order valence-corrected chi connectivity index (χ4v) is 3.77. The monoisotopic (exact) mass is 318 g/mol. The molecule has 2 aromatic rings. The van der Waals surface area contributed by atoms with E-state index in [1.54, 1.807) is 28.2 Å². The topological polar surface area (TPSA) is 59.8 Å². The average Bonchev–Trinajstić information content (AvgIpc) is 2.93. The zero-order valence-electron chi connectivity index (χ0n) is 13.1. The minimum Gasteiger partial charge on any atom is -0.309 e. The van der Waals surface area contributed by atoms with Gasteiger partial charge >= 0.3 is 0 Å². The molecule has 1 saturated carbocycles. The minimum absolute atomic E-state index is 0.0160. The highest BCUT2D eigenvalue weighted by molar-refractivity contribution is 7.09. The van der Waals surface area contributed by atoms with E-state index in [0.29, 0.717) is 6.04 Å². The Kier molecular flexibility index (Phi) is 4.69. The van der Waals surface area contributed by atoms with E-state index >= 15 is 0 Å². The van der Waals surface area contributed by atoms with Gasteiger partial charge in [-0.3, -0.25) is 4.79 Å². The lowest BCUT2D eigenvalue weighted by atomic mass is 9.91. The third-order valence-electron chi connectivity index (χ3n) is 4.40. The maximum Gasteiger partial charge on any atom is 0.267 e. The van der Waals surface area contributed by atoms with Gasteiger partial charge in [-0.25, -0.2) is 9.67 Å². The van der Waals surface area contributed by atoms with Crippen molar-refractivity contribution in [3.8, 4) is 0 Å². The largest absolute Gasteiger partial charge is 0.309 e. The van der Waals surface area contributed by atoms with Gasteiger partial charge in [-0.1, -0.05) is 0 Å². The van der Waals surface area contributed by atoms with E-state index in [0.717, 1.165) is 43.6 Å². The van der Waals surface area contributed by atoms with Gasteiger partial charge in [0.1, 0.15) is 0 Å². The van der Waals surface area contributed by atoms with Crippen molar-refractivity contribution in [3.63, 3.8) is 0 Å². The van der Waals surface area contributed by atoms with Crippen molar-refractivity contribution in [2.24, 2.45) is 0 Å². The lowest BCUT2D eigenvalue weighted by Crippen LogP contribution is -2.36. The Morgan fingerprint density at radius 1 is 1.27 bits per heavy atom.